The van der Waals surface area contributed by atoms with E-state index in [1.54, 1.807) is 13.2 Å². The second-order valence-electron chi connectivity index (χ2n) is 8.58. The van der Waals surface area contributed by atoms with Gasteiger partial charge in [0.1, 0.15) is 11.5 Å². The van der Waals surface area contributed by atoms with E-state index in [0.717, 1.165) is 77.2 Å². The molecule has 6 nitrogen and oxygen atoms in total. The Balaban J connectivity index is 0.00000152. The van der Waals surface area contributed by atoms with E-state index in [1.165, 1.54) is 0 Å². The third-order valence-electron chi connectivity index (χ3n) is 6.28. The highest BCUT2D eigenvalue weighted by Gasteiger charge is 2.17. The molecule has 1 aromatic heterocycles. The summed E-state index contributed by atoms with van der Waals surface area (Å²) in [6.07, 6.45) is 0. The number of phenols is 1. The van der Waals surface area contributed by atoms with Gasteiger partial charge in [-0.05, 0) is 61.6 Å². The Kier molecular flexibility index (Phi) is 10.7. The maximum absolute atomic E-state index is 10.5. The number of nitrogens with zero attached hydrogens (tertiary/aromatic N) is 3. The highest BCUT2D eigenvalue weighted by molar-refractivity contribution is 6.31. The number of methoxy groups -OCH3 is 1. The van der Waals surface area contributed by atoms with E-state index >= 15 is 0 Å². The topological polar surface area (TPSA) is 60.9 Å². The molecule has 2 heterocycles. The van der Waals surface area contributed by atoms with E-state index in [9.17, 15) is 5.11 Å². The highest BCUT2D eigenvalue weighted by Crippen LogP contribution is 2.36. The van der Waals surface area contributed by atoms with Gasteiger partial charge in [0, 0.05) is 59.8 Å². The molecule has 1 saturated heterocycles. The van der Waals surface area contributed by atoms with Crippen molar-refractivity contribution in [1.82, 2.24) is 14.8 Å². The zero-order valence-electron chi connectivity index (χ0n) is 20.0. The van der Waals surface area contributed by atoms with Crippen LogP contribution in [0.1, 0.15) is 5.56 Å². The van der Waals surface area contributed by atoms with Crippen molar-refractivity contribution in [3.63, 3.8) is 0 Å². The lowest BCUT2D eigenvalue weighted by molar-refractivity contribution is 0.147. The molecule has 0 bridgehead atoms. The van der Waals surface area contributed by atoms with Crippen LogP contribution in [-0.2, 0) is 6.54 Å². The van der Waals surface area contributed by atoms with Gasteiger partial charge in [0.15, 0.2) is 0 Å². The molecule has 194 valence electrons. The highest BCUT2D eigenvalue weighted by atomic mass is 35.5. The minimum atomic E-state index is 0. The number of hydrogen-bond donors (Lipinski definition) is 2. The van der Waals surface area contributed by atoms with Gasteiger partial charge < -0.3 is 20.1 Å². The third kappa shape index (κ3) is 6.38. The van der Waals surface area contributed by atoms with Gasteiger partial charge in [-0.15, -0.1) is 37.2 Å². The zero-order valence-corrected chi connectivity index (χ0v) is 23.2. The number of halogens is 4. The molecule has 10 heteroatoms. The molecule has 0 radical (unpaired) electrons. The van der Waals surface area contributed by atoms with Gasteiger partial charge in [-0.3, -0.25) is 4.90 Å². The first-order valence-electron chi connectivity index (χ1n) is 11.1. The molecule has 0 saturated carbocycles. The number of anilines is 2. The Labute approximate surface area is 234 Å². The number of likely N-dealkylation sites (N-methyl/N-ethyl adjacent to an activating group) is 1. The monoisotopic (exact) mass is 570 g/mol. The van der Waals surface area contributed by atoms with Gasteiger partial charge >= 0.3 is 0 Å². The van der Waals surface area contributed by atoms with E-state index in [0.29, 0.717) is 10.8 Å². The second-order valence-corrected chi connectivity index (χ2v) is 9.02. The van der Waals surface area contributed by atoms with Crippen LogP contribution in [0, 0.1) is 0 Å². The number of aromatic hydroxyl groups is 1. The van der Waals surface area contributed by atoms with Gasteiger partial charge in [-0.25, -0.2) is 4.98 Å². The summed E-state index contributed by atoms with van der Waals surface area (Å²) in [4.78, 5) is 9.51. The number of nitrogens with one attached hydrogen (secondary N) is 1. The molecule has 0 atom stereocenters. The van der Waals surface area contributed by atoms with Crippen LogP contribution >= 0.6 is 48.8 Å². The van der Waals surface area contributed by atoms with Crippen molar-refractivity contribution in [2.24, 2.45) is 0 Å². The van der Waals surface area contributed by atoms with Gasteiger partial charge in [-0.1, -0.05) is 11.6 Å². The van der Waals surface area contributed by atoms with Crippen molar-refractivity contribution in [1.29, 1.82) is 0 Å². The second kappa shape index (κ2) is 12.9. The summed E-state index contributed by atoms with van der Waals surface area (Å²) in [6.45, 7) is 4.79. The minimum Gasteiger partial charge on any atom is -0.508 e. The normalized spacial score (nSPS) is 14.0. The number of benzene rings is 3. The van der Waals surface area contributed by atoms with E-state index in [2.05, 4.69) is 22.2 Å². The molecule has 0 aliphatic carbocycles. The van der Waals surface area contributed by atoms with Gasteiger partial charge in [0.25, 0.3) is 0 Å². The summed E-state index contributed by atoms with van der Waals surface area (Å²) in [6, 6.07) is 17.3. The van der Waals surface area contributed by atoms with E-state index in [4.69, 9.17) is 21.3 Å². The fraction of sp³-hybridized carbons (Fsp3) is 0.269. The Bertz CT molecular complexity index is 1330. The lowest BCUT2D eigenvalue weighted by Gasteiger charge is -2.32. The van der Waals surface area contributed by atoms with Gasteiger partial charge in [0.2, 0.25) is 0 Å². The summed E-state index contributed by atoms with van der Waals surface area (Å²) in [5.74, 6) is 1.08. The first kappa shape index (κ1) is 30.0. The molecule has 1 aliphatic heterocycles. The van der Waals surface area contributed by atoms with Crippen LogP contribution < -0.4 is 10.1 Å². The molecule has 5 rings (SSSR count). The molecule has 0 amide bonds. The van der Waals surface area contributed by atoms with Crippen molar-refractivity contribution < 1.29 is 9.84 Å². The molecule has 4 aromatic rings. The van der Waals surface area contributed by atoms with Crippen molar-refractivity contribution in [2.75, 3.05) is 45.7 Å². The number of aromatic nitrogens is 1. The van der Waals surface area contributed by atoms with Gasteiger partial charge in [0.05, 0.1) is 23.8 Å². The predicted molar refractivity (Wildman–Crippen MR) is 157 cm³/mol. The molecule has 1 fully saturated rings. The molecule has 0 spiro atoms. The van der Waals surface area contributed by atoms with Crippen LogP contribution in [0.5, 0.6) is 11.5 Å². The van der Waals surface area contributed by atoms with Crippen LogP contribution in [0.3, 0.4) is 0 Å². The average molecular weight is 572 g/mol. The Morgan fingerprint density at radius 2 is 1.67 bits per heavy atom. The number of ether oxygens (including phenoxy) is 1. The lowest BCUT2D eigenvalue weighted by atomic mass is 10.1. The summed E-state index contributed by atoms with van der Waals surface area (Å²) in [7, 11) is 3.80. The van der Waals surface area contributed by atoms with Crippen molar-refractivity contribution in [2.45, 2.75) is 6.54 Å². The molecular formula is C26H30Cl4N4O2. The maximum atomic E-state index is 10.5. The number of phenolic OH excluding ortho intramolecular Hbond substituents is 1. The molecule has 0 unspecified atom stereocenters. The Morgan fingerprint density at radius 1 is 0.917 bits per heavy atom. The summed E-state index contributed by atoms with van der Waals surface area (Å²) in [5.41, 5.74) is 4.42. The lowest BCUT2D eigenvalue weighted by Crippen LogP contribution is -2.43. The molecule has 1 aliphatic rings. The standard InChI is InChI=1S/C26H27ClN4O2.3ClH/c1-30-9-11-31(12-10-30)16-17-13-19(4-8-25(17)32)28-26-21-6-3-18(27)14-24(21)29-23-7-5-20(33-2)15-22(23)26;;;/h3-8,13-15,32H,9-12,16H2,1-2H3,(H,28,29);3*1H. The first-order chi connectivity index (χ1) is 16.0. The van der Waals surface area contributed by atoms with Crippen molar-refractivity contribution in [3.05, 3.63) is 65.2 Å². The summed E-state index contributed by atoms with van der Waals surface area (Å²) >= 11 is 6.25. The summed E-state index contributed by atoms with van der Waals surface area (Å²) < 4.78 is 5.47. The molecule has 3 aromatic carbocycles. The fourth-order valence-corrected chi connectivity index (χ4v) is 4.51. The van der Waals surface area contributed by atoms with Gasteiger partial charge in [-0.2, -0.15) is 0 Å². The largest absolute Gasteiger partial charge is 0.508 e. The number of hydrogen-bond acceptors (Lipinski definition) is 6. The average Bonchev–Trinajstić information content (AvgIpc) is 2.82. The number of rotatable bonds is 5. The Hall–Kier alpha value is -2.19. The smallest absolute Gasteiger partial charge is 0.120 e. The van der Waals surface area contributed by atoms with Crippen LogP contribution in [0.4, 0.5) is 11.4 Å². The molecule has 36 heavy (non-hydrogen) atoms. The first-order valence-corrected chi connectivity index (χ1v) is 11.4. The van der Waals surface area contributed by atoms with E-state index < -0.39 is 0 Å². The van der Waals surface area contributed by atoms with Crippen LogP contribution in [0.25, 0.3) is 21.8 Å². The number of piperazine rings is 1. The van der Waals surface area contributed by atoms with E-state index in [-0.39, 0.29) is 37.2 Å². The van der Waals surface area contributed by atoms with Crippen molar-refractivity contribution in [3.8, 4) is 11.5 Å². The van der Waals surface area contributed by atoms with Crippen molar-refractivity contribution >= 4 is 82.0 Å². The molecular weight excluding hydrogens is 542 g/mol. The van der Waals surface area contributed by atoms with Crippen LogP contribution in [-0.4, -0.2) is 60.2 Å². The fourth-order valence-electron chi connectivity index (χ4n) is 4.34. The Morgan fingerprint density at radius 3 is 2.39 bits per heavy atom. The quantitative estimate of drug-likeness (QED) is 0.210. The number of fused-ring (bicyclic) bond motifs is 2. The minimum absolute atomic E-state index is 0. The molecule has 2 N–H and O–H groups in total. The summed E-state index contributed by atoms with van der Waals surface area (Å²) in [5, 5.41) is 16.7. The van der Waals surface area contributed by atoms with Crippen LogP contribution in [0.2, 0.25) is 5.02 Å². The van der Waals surface area contributed by atoms with Crippen LogP contribution in [0.15, 0.2) is 54.6 Å². The third-order valence-corrected chi connectivity index (χ3v) is 6.52. The zero-order chi connectivity index (χ0) is 22.9. The maximum Gasteiger partial charge on any atom is 0.120 e. The number of pyridine rings is 1. The van der Waals surface area contributed by atoms with E-state index in [1.807, 2.05) is 48.5 Å². The predicted octanol–water partition coefficient (Wildman–Crippen LogP) is 6.51. The SMILES string of the molecule is COc1ccc2nc3cc(Cl)ccc3c(Nc3ccc(O)c(CN4CCN(C)CC4)c3)c2c1.Cl.Cl.Cl.